The SMILES string of the molecule is CN(CC1CCCOC1)c1ccc(CBr)cn1. The van der Waals surface area contributed by atoms with Gasteiger partial charge in [0.15, 0.2) is 0 Å². The van der Waals surface area contributed by atoms with Gasteiger partial charge in [0, 0.05) is 31.7 Å². The molecule has 2 rings (SSSR count). The maximum absolute atomic E-state index is 5.50. The zero-order chi connectivity index (χ0) is 12.1. The largest absolute Gasteiger partial charge is 0.381 e. The second kappa shape index (κ2) is 6.36. The fourth-order valence-electron chi connectivity index (χ4n) is 2.15. The zero-order valence-corrected chi connectivity index (χ0v) is 11.8. The lowest BCUT2D eigenvalue weighted by molar-refractivity contribution is 0.0576. The summed E-state index contributed by atoms with van der Waals surface area (Å²) in [6, 6.07) is 4.20. The Morgan fingerprint density at radius 1 is 1.53 bits per heavy atom. The molecule has 0 radical (unpaired) electrons. The van der Waals surface area contributed by atoms with Gasteiger partial charge in [-0.1, -0.05) is 22.0 Å². The number of ether oxygens (including phenoxy) is 1. The van der Waals surface area contributed by atoms with Crippen LogP contribution >= 0.6 is 15.9 Å². The van der Waals surface area contributed by atoms with E-state index in [0.717, 1.165) is 30.9 Å². The Morgan fingerprint density at radius 2 is 2.41 bits per heavy atom. The second-order valence-electron chi connectivity index (χ2n) is 4.62. The van der Waals surface area contributed by atoms with Gasteiger partial charge in [0.25, 0.3) is 0 Å². The minimum atomic E-state index is 0.645. The van der Waals surface area contributed by atoms with E-state index in [0.29, 0.717) is 5.92 Å². The van der Waals surface area contributed by atoms with E-state index < -0.39 is 0 Å². The van der Waals surface area contributed by atoms with Crippen molar-refractivity contribution >= 4 is 21.7 Å². The summed E-state index contributed by atoms with van der Waals surface area (Å²) >= 11 is 3.43. The normalized spacial score (nSPS) is 20.2. The van der Waals surface area contributed by atoms with Crippen molar-refractivity contribution in [1.29, 1.82) is 0 Å². The Bertz CT molecular complexity index is 336. The molecular weight excluding hydrogens is 280 g/mol. The molecule has 1 aromatic rings. The highest BCUT2D eigenvalue weighted by atomic mass is 79.9. The summed E-state index contributed by atoms with van der Waals surface area (Å²) < 4.78 is 5.50. The number of aromatic nitrogens is 1. The van der Waals surface area contributed by atoms with E-state index in [-0.39, 0.29) is 0 Å². The van der Waals surface area contributed by atoms with Gasteiger partial charge in [0.2, 0.25) is 0 Å². The summed E-state index contributed by atoms with van der Waals surface area (Å²) in [4.78, 5) is 6.69. The number of anilines is 1. The first-order chi connectivity index (χ1) is 8.29. The van der Waals surface area contributed by atoms with Crippen LogP contribution in [-0.4, -0.2) is 31.8 Å². The van der Waals surface area contributed by atoms with Crippen LogP contribution in [0.25, 0.3) is 0 Å². The summed E-state index contributed by atoms with van der Waals surface area (Å²) in [6.07, 6.45) is 4.39. The number of alkyl halides is 1. The van der Waals surface area contributed by atoms with Crippen LogP contribution in [0.2, 0.25) is 0 Å². The van der Waals surface area contributed by atoms with Crippen molar-refractivity contribution in [3.05, 3.63) is 23.9 Å². The topological polar surface area (TPSA) is 25.4 Å². The van der Waals surface area contributed by atoms with Crippen LogP contribution in [0.5, 0.6) is 0 Å². The monoisotopic (exact) mass is 298 g/mol. The Balaban J connectivity index is 1.91. The van der Waals surface area contributed by atoms with Gasteiger partial charge >= 0.3 is 0 Å². The van der Waals surface area contributed by atoms with Crippen LogP contribution in [0.3, 0.4) is 0 Å². The minimum absolute atomic E-state index is 0.645. The first-order valence-corrected chi connectivity index (χ1v) is 7.21. The Hall–Kier alpha value is -0.610. The molecule has 1 atom stereocenters. The third kappa shape index (κ3) is 3.68. The predicted molar refractivity (Wildman–Crippen MR) is 73.7 cm³/mol. The van der Waals surface area contributed by atoms with Crippen molar-refractivity contribution in [2.24, 2.45) is 5.92 Å². The molecule has 0 spiro atoms. The molecule has 0 N–H and O–H groups in total. The molecule has 0 amide bonds. The van der Waals surface area contributed by atoms with Crippen molar-refractivity contribution in [2.45, 2.75) is 18.2 Å². The molecule has 1 fully saturated rings. The molecule has 1 saturated heterocycles. The van der Waals surface area contributed by atoms with E-state index in [9.17, 15) is 0 Å². The lowest BCUT2D eigenvalue weighted by Gasteiger charge is -2.27. The van der Waals surface area contributed by atoms with E-state index in [1.165, 1.54) is 18.4 Å². The van der Waals surface area contributed by atoms with Gasteiger partial charge in [-0.15, -0.1) is 0 Å². The Kier molecular flexibility index (Phi) is 4.80. The molecule has 0 aliphatic carbocycles. The smallest absolute Gasteiger partial charge is 0.128 e. The van der Waals surface area contributed by atoms with Gasteiger partial charge in [0.1, 0.15) is 5.82 Å². The fourth-order valence-corrected chi connectivity index (χ4v) is 2.49. The molecule has 3 nitrogen and oxygen atoms in total. The molecule has 4 heteroatoms. The third-order valence-corrected chi connectivity index (χ3v) is 3.79. The molecule has 94 valence electrons. The van der Waals surface area contributed by atoms with E-state index in [1.54, 1.807) is 0 Å². The summed E-state index contributed by atoms with van der Waals surface area (Å²) in [7, 11) is 2.10. The zero-order valence-electron chi connectivity index (χ0n) is 10.2. The van der Waals surface area contributed by atoms with Gasteiger partial charge in [-0.3, -0.25) is 0 Å². The summed E-state index contributed by atoms with van der Waals surface area (Å²) in [5.74, 6) is 1.69. The quantitative estimate of drug-likeness (QED) is 0.799. The lowest BCUT2D eigenvalue weighted by atomic mass is 10.0. The summed E-state index contributed by atoms with van der Waals surface area (Å²) in [5.41, 5.74) is 1.21. The van der Waals surface area contributed by atoms with E-state index in [4.69, 9.17) is 4.74 Å². The average molecular weight is 299 g/mol. The van der Waals surface area contributed by atoms with Crippen molar-refractivity contribution in [2.75, 3.05) is 31.7 Å². The van der Waals surface area contributed by atoms with E-state index in [2.05, 4.69) is 45.0 Å². The standard InChI is InChI=1S/C13H19BrN2O/c1-16(9-12-3-2-6-17-10-12)13-5-4-11(7-14)8-15-13/h4-5,8,12H,2-3,6-7,9-10H2,1H3. The molecular formula is C13H19BrN2O. The number of rotatable bonds is 4. The Morgan fingerprint density at radius 3 is 3.00 bits per heavy atom. The third-order valence-electron chi connectivity index (χ3n) is 3.14. The summed E-state index contributed by atoms with van der Waals surface area (Å²) in [6.45, 7) is 2.85. The molecule has 1 aliphatic rings. The number of hydrogen-bond acceptors (Lipinski definition) is 3. The molecule has 0 aromatic carbocycles. The molecule has 1 aromatic heterocycles. The van der Waals surface area contributed by atoms with Gasteiger partial charge in [-0.25, -0.2) is 4.98 Å². The van der Waals surface area contributed by atoms with Gasteiger partial charge in [0.05, 0.1) is 6.61 Å². The van der Waals surface area contributed by atoms with Crippen LogP contribution in [0.4, 0.5) is 5.82 Å². The average Bonchev–Trinajstić information content (AvgIpc) is 2.40. The molecule has 1 aliphatic heterocycles. The van der Waals surface area contributed by atoms with Gasteiger partial charge in [-0.05, 0) is 30.4 Å². The molecule has 2 heterocycles. The molecule has 0 bridgehead atoms. The highest BCUT2D eigenvalue weighted by Gasteiger charge is 2.16. The maximum atomic E-state index is 5.50. The second-order valence-corrected chi connectivity index (χ2v) is 5.18. The van der Waals surface area contributed by atoms with Crippen molar-refractivity contribution < 1.29 is 4.74 Å². The van der Waals surface area contributed by atoms with Crippen LogP contribution in [0.1, 0.15) is 18.4 Å². The predicted octanol–water partition coefficient (Wildman–Crippen LogP) is 2.84. The minimum Gasteiger partial charge on any atom is -0.381 e. The van der Waals surface area contributed by atoms with Gasteiger partial charge in [-0.2, -0.15) is 0 Å². The maximum Gasteiger partial charge on any atom is 0.128 e. The lowest BCUT2D eigenvalue weighted by Crippen LogP contribution is -2.31. The van der Waals surface area contributed by atoms with Crippen molar-refractivity contribution in [3.63, 3.8) is 0 Å². The van der Waals surface area contributed by atoms with E-state index >= 15 is 0 Å². The molecule has 1 unspecified atom stereocenters. The Labute approximate surface area is 111 Å². The van der Waals surface area contributed by atoms with Crippen molar-refractivity contribution in [3.8, 4) is 0 Å². The van der Waals surface area contributed by atoms with E-state index in [1.807, 2.05) is 6.20 Å². The van der Waals surface area contributed by atoms with Crippen LogP contribution < -0.4 is 4.90 Å². The first kappa shape index (κ1) is 12.8. The van der Waals surface area contributed by atoms with Crippen molar-refractivity contribution in [1.82, 2.24) is 4.98 Å². The number of halogens is 1. The fraction of sp³-hybridized carbons (Fsp3) is 0.615. The highest BCUT2D eigenvalue weighted by Crippen LogP contribution is 2.18. The molecule has 0 saturated carbocycles. The number of nitrogens with zero attached hydrogens (tertiary/aromatic N) is 2. The highest BCUT2D eigenvalue weighted by molar-refractivity contribution is 9.08. The summed E-state index contributed by atoms with van der Waals surface area (Å²) in [5, 5.41) is 0.862. The van der Waals surface area contributed by atoms with Gasteiger partial charge < -0.3 is 9.64 Å². The van der Waals surface area contributed by atoms with Crippen LogP contribution in [0.15, 0.2) is 18.3 Å². The molecule has 17 heavy (non-hydrogen) atoms. The number of hydrogen-bond donors (Lipinski definition) is 0. The van der Waals surface area contributed by atoms with Crippen LogP contribution in [-0.2, 0) is 10.1 Å². The number of pyridine rings is 1. The van der Waals surface area contributed by atoms with Crippen LogP contribution in [0, 0.1) is 5.92 Å². The first-order valence-electron chi connectivity index (χ1n) is 6.09.